The van der Waals surface area contributed by atoms with Gasteiger partial charge in [0, 0.05) is 5.39 Å². The Morgan fingerprint density at radius 1 is 1.29 bits per heavy atom. The minimum atomic E-state index is -2.51. The van der Waals surface area contributed by atoms with Crippen LogP contribution in [0.25, 0.3) is 16.5 Å². The van der Waals surface area contributed by atoms with Gasteiger partial charge in [-0.15, -0.1) is 10.2 Å². The number of hydrogen-bond acceptors (Lipinski definition) is 4. The van der Waals surface area contributed by atoms with E-state index >= 15 is 0 Å². The van der Waals surface area contributed by atoms with Crippen molar-refractivity contribution in [3.8, 4) is 5.69 Å². The first-order valence-electron chi connectivity index (χ1n) is 8.44. The number of aliphatic carboxylic acids is 1. The highest BCUT2D eigenvalue weighted by Gasteiger charge is 2.26. The predicted molar refractivity (Wildman–Crippen MR) is 96.9 cm³/mol. The molecule has 0 spiro atoms. The van der Waals surface area contributed by atoms with Gasteiger partial charge >= 0.3 is 5.97 Å². The maximum Gasteiger partial charge on any atom is 0.313 e. The van der Waals surface area contributed by atoms with Crippen LogP contribution in [-0.2, 0) is 4.79 Å². The van der Waals surface area contributed by atoms with Crippen LogP contribution in [0, 0.1) is 0 Å². The Kier molecular flexibility index (Phi) is 3.48. The largest absolute Gasteiger partial charge is 0.481 e. The third-order valence-corrected chi connectivity index (χ3v) is 5.25. The quantitative estimate of drug-likeness (QED) is 0.506. The van der Waals surface area contributed by atoms with Gasteiger partial charge in [0.15, 0.2) is 5.16 Å². The number of carboxylic acid groups (broad SMARTS) is 1. The first-order valence-corrected chi connectivity index (χ1v) is 9.05. The summed E-state index contributed by atoms with van der Waals surface area (Å²) in [6, 6.07) is 12.1. The second kappa shape index (κ2) is 6.22. The summed E-state index contributed by atoms with van der Waals surface area (Å²) in [6.07, 6.45) is 2.39. The van der Waals surface area contributed by atoms with E-state index in [1.165, 1.54) is 18.4 Å². The standard InChI is InChI=1S/C17H14BrN3O2S/c18-16-19-20-17(24-9-15(22)23)21(16)14-8-7-11(10-5-6-10)12-3-1-2-4-13(12)14/h1-4,7-8,10H,5-6,9H2,(H,22,23)/i9+1D2. The summed E-state index contributed by atoms with van der Waals surface area (Å²) in [5.41, 5.74) is -0.414. The number of carbonyl (C=O) groups is 1. The number of thioether (sulfide) groups is 1. The zero-order chi connectivity index (χ0) is 18.5. The lowest BCUT2D eigenvalue weighted by atomic mass is 9.99. The van der Waals surface area contributed by atoms with E-state index in [2.05, 4.69) is 38.3 Å². The molecule has 0 amide bonds. The van der Waals surface area contributed by atoms with Crippen LogP contribution in [0.5, 0.6) is 0 Å². The number of nitrogens with zero attached hydrogens (tertiary/aromatic N) is 3. The second-order valence-corrected chi connectivity index (χ2v) is 7.07. The number of aromatic nitrogens is 3. The van der Waals surface area contributed by atoms with Crippen LogP contribution in [-0.4, -0.2) is 31.5 Å². The van der Waals surface area contributed by atoms with Crippen LogP contribution >= 0.6 is 27.7 Å². The summed E-state index contributed by atoms with van der Waals surface area (Å²) in [4.78, 5) is 11.2. The van der Waals surface area contributed by atoms with Crippen molar-refractivity contribution in [2.24, 2.45) is 0 Å². The van der Waals surface area contributed by atoms with Crippen LogP contribution in [0.15, 0.2) is 46.3 Å². The third-order valence-electron chi connectivity index (χ3n) is 4.02. The van der Waals surface area contributed by atoms with Crippen LogP contribution in [0.3, 0.4) is 0 Å². The fourth-order valence-electron chi connectivity index (χ4n) is 2.86. The van der Waals surface area contributed by atoms with Crippen LogP contribution in [0.2, 0.25) is 0 Å². The number of hydrogen-bond donors (Lipinski definition) is 1. The molecule has 1 fully saturated rings. The summed E-state index contributed by atoms with van der Waals surface area (Å²) >= 11 is 3.87. The average molecular weight is 407 g/mol. The molecule has 1 aromatic heterocycles. The topological polar surface area (TPSA) is 68.0 Å². The minimum Gasteiger partial charge on any atom is -0.481 e. The molecule has 0 unspecified atom stereocenters. The molecule has 7 heteroatoms. The second-order valence-electron chi connectivity index (χ2n) is 5.59. The Labute approximate surface area is 154 Å². The maximum absolute atomic E-state index is 11.2. The predicted octanol–water partition coefficient (Wildman–Crippen LogP) is 4.24. The lowest BCUT2D eigenvalue weighted by Crippen LogP contribution is -2.03. The van der Waals surface area contributed by atoms with Crippen molar-refractivity contribution in [3.05, 3.63) is 46.7 Å². The van der Waals surface area contributed by atoms with Crippen LogP contribution < -0.4 is 0 Å². The number of fused-ring (bicyclic) bond motifs is 1. The highest BCUT2D eigenvalue weighted by atomic mass is 79.9. The van der Waals surface area contributed by atoms with E-state index < -0.39 is 11.7 Å². The number of rotatable bonds is 5. The van der Waals surface area contributed by atoms with Gasteiger partial charge in [-0.3, -0.25) is 9.36 Å². The number of carboxylic acids is 1. The highest BCUT2D eigenvalue weighted by molar-refractivity contribution is 9.10. The Morgan fingerprint density at radius 2 is 2.04 bits per heavy atom. The van der Waals surface area contributed by atoms with Crippen molar-refractivity contribution in [2.45, 2.75) is 23.9 Å². The maximum atomic E-state index is 11.2. The summed E-state index contributed by atoms with van der Waals surface area (Å²) in [7, 11) is 0. The number of halogens is 1. The average Bonchev–Trinajstić information content (AvgIpc) is 3.39. The van der Waals surface area contributed by atoms with Gasteiger partial charge < -0.3 is 5.11 Å². The molecule has 4 rings (SSSR count). The zero-order valence-corrected chi connectivity index (χ0v) is 14.8. The molecule has 3 aromatic rings. The van der Waals surface area contributed by atoms with E-state index in [1.54, 1.807) is 4.57 Å². The lowest BCUT2D eigenvalue weighted by Gasteiger charge is -2.13. The molecule has 1 heterocycles. The van der Waals surface area contributed by atoms with E-state index in [0.29, 0.717) is 22.4 Å². The molecule has 0 saturated heterocycles. The third kappa shape index (κ3) is 2.82. The first-order chi connectivity index (χ1) is 12.4. The van der Waals surface area contributed by atoms with Crippen LogP contribution in [0.1, 0.15) is 27.1 Å². The first kappa shape index (κ1) is 13.4. The van der Waals surface area contributed by atoms with Gasteiger partial charge in [0.2, 0.25) is 4.73 Å². The molecule has 0 radical (unpaired) electrons. The lowest BCUT2D eigenvalue weighted by molar-refractivity contribution is -0.133. The molecular weight excluding hydrogens is 391 g/mol. The van der Waals surface area contributed by atoms with Gasteiger partial charge in [0.25, 0.3) is 0 Å². The molecule has 1 aliphatic rings. The fraction of sp³-hybridized carbons (Fsp3) is 0.235. The van der Waals surface area contributed by atoms with E-state index in [9.17, 15) is 4.79 Å². The van der Waals surface area contributed by atoms with E-state index in [1.807, 2.05) is 24.3 Å². The minimum absolute atomic E-state index is 0.175. The molecule has 2 aromatic carbocycles. The number of benzene rings is 2. The Morgan fingerprint density at radius 3 is 2.75 bits per heavy atom. The summed E-state index contributed by atoms with van der Waals surface area (Å²) < 4.78 is 17.4. The van der Waals surface area contributed by atoms with E-state index in [4.69, 9.17) is 7.85 Å². The van der Waals surface area contributed by atoms with Crippen molar-refractivity contribution in [1.29, 1.82) is 0 Å². The highest BCUT2D eigenvalue weighted by Crippen LogP contribution is 2.44. The molecular formula is C17H14BrN3O2S. The molecule has 122 valence electrons. The molecule has 5 nitrogen and oxygen atoms in total. The van der Waals surface area contributed by atoms with Gasteiger partial charge in [0.1, 0.15) is 0 Å². The normalized spacial score (nSPS) is 16.0. The molecule has 0 atom stereocenters. The zero-order valence-electron chi connectivity index (χ0n) is 14.4. The molecule has 0 aliphatic heterocycles. The van der Waals surface area contributed by atoms with Gasteiger partial charge in [0.05, 0.1) is 14.1 Å². The van der Waals surface area contributed by atoms with Crippen molar-refractivity contribution in [2.75, 3.05) is 5.70 Å². The van der Waals surface area contributed by atoms with Crippen molar-refractivity contribution in [3.63, 3.8) is 0 Å². The van der Waals surface area contributed by atoms with Crippen molar-refractivity contribution in [1.82, 2.24) is 14.8 Å². The summed E-state index contributed by atoms with van der Waals surface area (Å²) in [5, 5.41) is 19.3. The fourth-order valence-corrected chi connectivity index (χ4v) is 3.95. The van der Waals surface area contributed by atoms with Crippen molar-refractivity contribution < 1.29 is 12.6 Å². The van der Waals surface area contributed by atoms with E-state index in [-0.39, 0.29) is 5.16 Å². The van der Waals surface area contributed by atoms with E-state index in [0.717, 1.165) is 16.5 Å². The molecule has 24 heavy (non-hydrogen) atoms. The summed E-state index contributed by atoms with van der Waals surface area (Å²) in [6.45, 7) is 0. The molecule has 1 aliphatic carbocycles. The summed E-state index contributed by atoms with van der Waals surface area (Å²) in [5.74, 6) is -0.963. The smallest absolute Gasteiger partial charge is 0.313 e. The van der Waals surface area contributed by atoms with Gasteiger partial charge in [-0.25, -0.2) is 0 Å². The Bertz CT molecular complexity index is 1020. The SMILES string of the molecule is [2H][13C]([2H])(Sc1nnc(Br)n1-c1ccc(C2CC2)c2ccccc12)C(=O)O. The Balaban J connectivity index is 1.88. The van der Waals surface area contributed by atoms with Crippen molar-refractivity contribution >= 4 is 44.4 Å². The van der Waals surface area contributed by atoms with Gasteiger partial charge in [-0.2, -0.15) is 0 Å². The van der Waals surface area contributed by atoms with Gasteiger partial charge in [-0.05, 0) is 51.7 Å². The Hall–Kier alpha value is -1.86. The van der Waals surface area contributed by atoms with Gasteiger partial charge in [-0.1, -0.05) is 42.1 Å². The molecule has 1 saturated carbocycles. The molecule has 1 N–H and O–H groups in total. The monoisotopic (exact) mass is 406 g/mol. The van der Waals surface area contributed by atoms with Crippen LogP contribution in [0.4, 0.5) is 0 Å². The molecule has 0 bridgehead atoms.